The second kappa shape index (κ2) is 8.34. The van der Waals surface area contributed by atoms with Gasteiger partial charge in [0.25, 0.3) is 5.91 Å². The molecule has 9 heteroatoms. The highest BCUT2D eigenvalue weighted by molar-refractivity contribution is 9.10. The molecule has 3 rings (SSSR count). The summed E-state index contributed by atoms with van der Waals surface area (Å²) in [7, 11) is 0. The minimum absolute atomic E-state index is 0.0194. The largest absolute Gasteiger partial charge is 0.368 e. The van der Waals surface area contributed by atoms with Crippen molar-refractivity contribution >= 4 is 39.3 Å². The lowest BCUT2D eigenvalue weighted by molar-refractivity contribution is -0.121. The lowest BCUT2D eigenvalue weighted by atomic mass is 9.95. The minimum Gasteiger partial charge on any atom is -0.368 e. The monoisotopic (exact) mass is 433 g/mol. The Labute approximate surface area is 164 Å². The standard InChI is InChI=1S/C18H20BrN5O3/c19-14-3-1-13(2-4-14)18(27)23-7-5-12(6-8-23)17(26)22-15-9-21-24(10-15)11-16(20)25/h1-4,9-10,12H,5-8,11H2,(H2,20,25)(H,22,26). The normalized spacial score (nSPS) is 14.8. The summed E-state index contributed by atoms with van der Waals surface area (Å²) in [5.74, 6) is -0.796. The average Bonchev–Trinajstić information content (AvgIpc) is 3.08. The smallest absolute Gasteiger partial charge is 0.253 e. The number of halogens is 1. The van der Waals surface area contributed by atoms with Crippen molar-refractivity contribution in [3.8, 4) is 0 Å². The number of anilines is 1. The third-order valence-corrected chi connectivity index (χ3v) is 4.99. The number of primary amides is 1. The van der Waals surface area contributed by atoms with Crippen molar-refractivity contribution in [1.82, 2.24) is 14.7 Å². The molecular formula is C18H20BrN5O3. The summed E-state index contributed by atoms with van der Waals surface area (Å²) in [4.78, 5) is 37.6. The molecule has 1 aromatic heterocycles. The molecule has 27 heavy (non-hydrogen) atoms. The van der Waals surface area contributed by atoms with Gasteiger partial charge in [0, 0.05) is 35.2 Å². The van der Waals surface area contributed by atoms with Crippen LogP contribution < -0.4 is 11.1 Å². The molecule has 1 aliphatic heterocycles. The quantitative estimate of drug-likeness (QED) is 0.745. The van der Waals surface area contributed by atoms with Gasteiger partial charge in [0.2, 0.25) is 11.8 Å². The Kier molecular flexibility index (Phi) is 5.90. The van der Waals surface area contributed by atoms with Crippen LogP contribution in [0.25, 0.3) is 0 Å². The Morgan fingerprint density at radius 1 is 1.19 bits per heavy atom. The molecule has 142 valence electrons. The number of rotatable bonds is 5. The van der Waals surface area contributed by atoms with Gasteiger partial charge in [-0.2, -0.15) is 5.10 Å². The summed E-state index contributed by atoms with van der Waals surface area (Å²) in [6.45, 7) is 1.04. The molecule has 1 aromatic carbocycles. The first-order chi connectivity index (χ1) is 12.9. The molecule has 0 atom stereocenters. The highest BCUT2D eigenvalue weighted by Crippen LogP contribution is 2.21. The number of nitrogens with zero attached hydrogens (tertiary/aromatic N) is 3. The van der Waals surface area contributed by atoms with E-state index in [0.29, 0.717) is 37.2 Å². The number of amides is 3. The molecule has 1 saturated heterocycles. The van der Waals surface area contributed by atoms with Crippen LogP contribution in [0.15, 0.2) is 41.1 Å². The fourth-order valence-electron chi connectivity index (χ4n) is 3.04. The van der Waals surface area contributed by atoms with E-state index in [1.54, 1.807) is 23.2 Å². The van der Waals surface area contributed by atoms with Crippen LogP contribution in [0.4, 0.5) is 5.69 Å². The second-order valence-electron chi connectivity index (χ2n) is 6.46. The third-order valence-electron chi connectivity index (χ3n) is 4.46. The maximum Gasteiger partial charge on any atom is 0.253 e. The first kappa shape index (κ1) is 19.1. The van der Waals surface area contributed by atoms with E-state index in [4.69, 9.17) is 5.73 Å². The van der Waals surface area contributed by atoms with Gasteiger partial charge in [-0.1, -0.05) is 15.9 Å². The van der Waals surface area contributed by atoms with E-state index < -0.39 is 5.91 Å². The molecule has 0 unspecified atom stereocenters. The zero-order valence-corrected chi connectivity index (χ0v) is 16.2. The van der Waals surface area contributed by atoms with E-state index in [9.17, 15) is 14.4 Å². The predicted molar refractivity (Wildman–Crippen MR) is 103 cm³/mol. The first-order valence-electron chi connectivity index (χ1n) is 8.59. The van der Waals surface area contributed by atoms with Crippen molar-refractivity contribution in [1.29, 1.82) is 0 Å². The van der Waals surface area contributed by atoms with Gasteiger partial charge in [-0.25, -0.2) is 0 Å². The Hall–Kier alpha value is -2.68. The number of nitrogens with two attached hydrogens (primary N) is 1. The van der Waals surface area contributed by atoms with Crippen LogP contribution in [0.3, 0.4) is 0 Å². The molecule has 0 radical (unpaired) electrons. The van der Waals surface area contributed by atoms with Crippen molar-refractivity contribution < 1.29 is 14.4 Å². The van der Waals surface area contributed by atoms with Gasteiger partial charge in [0.15, 0.2) is 0 Å². The summed E-state index contributed by atoms with van der Waals surface area (Å²) in [5, 5.41) is 6.78. The van der Waals surface area contributed by atoms with Crippen LogP contribution in [0.1, 0.15) is 23.2 Å². The molecular weight excluding hydrogens is 414 g/mol. The summed E-state index contributed by atoms with van der Waals surface area (Å²) < 4.78 is 2.30. The molecule has 0 saturated carbocycles. The molecule has 0 bridgehead atoms. The number of aromatic nitrogens is 2. The predicted octanol–water partition coefficient (Wildman–Crippen LogP) is 1.62. The number of benzene rings is 1. The van der Waals surface area contributed by atoms with Gasteiger partial charge in [-0.15, -0.1) is 0 Å². The van der Waals surface area contributed by atoms with Crippen LogP contribution in [-0.2, 0) is 16.1 Å². The first-order valence-corrected chi connectivity index (χ1v) is 9.38. The minimum atomic E-state index is -0.501. The molecule has 0 spiro atoms. The van der Waals surface area contributed by atoms with Crippen molar-refractivity contribution in [2.24, 2.45) is 11.7 Å². The van der Waals surface area contributed by atoms with Gasteiger partial charge >= 0.3 is 0 Å². The van der Waals surface area contributed by atoms with E-state index in [2.05, 4.69) is 26.3 Å². The van der Waals surface area contributed by atoms with E-state index in [0.717, 1.165) is 4.47 Å². The number of hydrogen-bond acceptors (Lipinski definition) is 4. The van der Waals surface area contributed by atoms with Crippen LogP contribution in [0.2, 0.25) is 0 Å². The second-order valence-corrected chi connectivity index (χ2v) is 7.37. The summed E-state index contributed by atoms with van der Waals surface area (Å²) >= 11 is 3.36. The van der Waals surface area contributed by atoms with Gasteiger partial charge in [-0.05, 0) is 37.1 Å². The lowest BCUT2D eigenvalue weighted by Crippen LogP contribution is -2.41. The van der Waals surface area contributed by atoms with Gasteiger partial charge in [0.1, 0.15) is 6.54 Å². The Balaban J connectivity index is 1.51. The number of hydrogen-bond donors (Lipinski definition) is 2. The van der Waals surface area contributed by atoms with Crippen molar-refractivity contribution in [2.75, 3.05) is 18.4 Å². The van der Waals surface area contributed by atoms with Crippen molar-refractivity contribution in [3.63, 3.8) is 0 Å². The molecule has 1 aliphatic rings. The molecule has 8 nitrogen and oxygen atoms in total. The summed E-state index contributed by atoms with van der Waals surface area (Å²) in [6.07, 6.45) is 4.24. The van der Waals surface area contributed by atoms with Crippen LogP contribution >= 0.6 is 15.9 Å². The number of nitrogens with one attached hydrogen (secondary N) is 1. The fourth-order valence-corrected chi connectivity index (χ4v) is 3.30. The van der Waals surface area contributed by atoms with Crippen LogP contribution in [0, 0.1) is 5.92 Å². The summed E-state index contributed by atoms with van der Waals surface area (Å²) in [5.41, 5.74) is 6.28. The van der Waals surface area contributed by atoms with E-state index in [-0.39, 0.29) is 24.3 Å². The van der Waals surface area contributed by atoms with Gasteiger partial charge < -0.3 is 16.0 Å². The number of likely N-dealkylation sites (tertiary alicyclic amines) is 1. The zero-order valence-electron chi connectivity index (χ0n) is 14.6. The molecule has 2 heterocycles. The highest BCUT2D eigenvalue weighted by atomic mass is 79.9. The topological polar surface area (TPSA) is 110 Å². The number of carbonyl (C=O) groups excluding carboxylic acids is 3. The van der Waals surface area contributed by atoms with Crippen LogP contribution in [0.5, 0.6) is 0 Å². The van der Waals surface area contributed by atoms with Crippen molar-refractivity contribution in [3.05, 3.63) is 46.7 Å². The van der Waals surface area contributed by atoms with E-state index >= 15 is 0 Å². The maximum absolute atomic E-state index is 12.5. The Bertz CT molecular complexity index is 841. The number of carbonyl (C=O) groups is 3. The van der Waals surface area contributed by atoms with Crippen molar-refractivity contribution in [2.45, 2.75) is 19.4 Å². The Morgan fingerprint density at radius 2 is 1.85 bits per heavy atom. The average molecular weight is 434 g/mol. The number of piperidine rings is 1. The molecule has 1 fully saturated rings. The van der Waals surface area contributed by atoms with E-state index in [1.165, 1.54) is 10.9 Å². The molecule has 2 aromatic rings. The Morgan fingerprint density at radius 3 is 2.48 bits per heavy atom. The highest BCUT2D eigenvalue weighted by Gasteiger charge is 2.28. The van der Waals surface area contributed by atoms with Gasteiger partial charge in [0.05, 0.1) is 11.9 Å². The third kappa shape index (κ3) is 4.94. The maximum atomic E-state index is 12.5. The molecule has 0 aliphatic carbocycles. The zero-order chi connectivity index (χ0) is 19.4. The fraction of sp³-hybridized carbons (Fsp3) is 0.333. The van der Waals surface area contributed by atoms with Crippen LogP contribution in [-0.4, -0.2) is 45.5 Å². The molecule has 3 amide bonds. The lowest BCUT2D eigenvalue weighted by Gasteiger charge is -2.31. The summed E-state index contributed by atoms with van der Waals surface area (Å²) in [6, 6.07) is 7.25. The molecule has 3 N–H and O–H groups in total. The van der Waals surface area contributed by atoms with Gasteiger partial charge in [-0.3, -0.25) is 19.1 Å². The van der Waals surface area contributed by atoms with E-state index in [1.807, 2.05) is 12.1 Å². The SMILES string of the molecule is NC(=O)Cn1cc(NC(=O)C2CCN(C(=O)c3ccc(Br)cc3)CC2)cn1.